The number of carbonyl (C=O) groups is 1. The highest BCUT2D eigenvalue weighted by Crippen LogP contribution is 2.51. The Morgan fingerprint density at radius 3 is 2.93 bits per heavy atom. The Kier molecular flexibility index (Phi) is 4.53. The zero-order chi connectivity index (χ0) is 19.8. The van der Waals surface area contributed by atoms with Crippen molar-refractivity contribution in [1.29, 1.82) is 5.26 Å². The van der Waals surface area contributed by atoms with Gasteiger partial charge in [0.15, 0.2) is 5.60 Å². The fourth-order valence-electron chi connectivity index (χ4n) is 4.69. The molecule has 1 spiro atoms. The van der Waals surface area contributed by atoms with Gasteiger partial charge in [-0.25, -0.2) is 0 Å². The number of nitrogens with zero attached hydrogens (tertiary/aromatic N) is 4. The van der Waals surface area contributed by atoms with Crippen LogP contribution in [0.5, 0.6) is 0 Å². The van der Waals surface area contributed by atoms with E-state index in [4.69, 9.17) is 14.7 Å². The summed E-state index contributed by atoms with van der Waals surface area (Å²) in [6.07, 6.45) is 8.13. The van der Waals surface area contributed by atoms with Crippen molar-refractivity contribution in [3.63, 3.8) is 0 Å². The van der Waals surface area contributed by atoms with E-state index in [1.807, 2.05) is 29.2 Å². The zero-order valence-corrected chi connectivity index (χ0v) is 16.0. The molecule has 0 radical (unpaired) electrons. The number of fused-ring (bicyclic) bond motifs is 1. The minimum Gasteiger partial charge on any atom is -0.373 e. The van der Waals surface area contributed by atoms with Gasteiger partial charge in [0.05, 0.1) is 43.1 Å². The molecule has 3 heterocycles. The van der Waals surface area contributed by atoms with Crippen molar-refractivity contribution in [3.05, 3.63) is 59.7 Å². The second-order valence-electron chi connectivity index (χ2n) is 8.00. The molecular weight excluding hydrogens is 368 g/mol. The Morgan fingerprint density at radius 1 is 1.28 bits per heavy atom. The van der Waals surface area contributed by atoms with Crippen LogP contribution in [0.4, 0.5) is 0 Å². The van der Waals surface area contributed by atoms with Crippen molar-refractivity contribution >= 4 is 5.91 Å². The molecule has 1 aromatic heterocycles. The summed E-state index contributed by atoms with van der Waals surface area (Å²) in [4.78, 5) is 23.6. The molecule has 2 aromatic rings. The lowest BCUT2D eigenvalue weighted by Gasteiger charge is -2.42. The molecule has 1 saturated carbocycles. The van der Waals surface area contributed by atoms with Gasteiger partial charge >= 0.3 is 0 Å². The first-order valence-corrected chi connectivity index (χ1v) is 10.0. The average Bonchev–Trinajstić information content (AvgIpc) is 3.25. The van der Waals surface area contributed by atoms with Gasteiger partial charge in [-0.3, -0.25) is 14.8 Å². The number of hydrogen-bond acceptors (Lipinski definition) is 6. The molecule has 148 valence electrons. The summed E-state index contributed by atoms with van der Waals surface area (Å²) < 4.78 is 12.2. The predicted octanol–water partition coefficient (Wildman–Crippen LogP) is 2.68. The lowest BCUT2D eigenvalue weighted by Crippen LogP contribution is -2.54. The molecule has 29 heavy (non-hydrogen) atoms. The first-order chi connectivity index (χ1) is 14.2. The molecule has 0 N–H and O–H groups in total. The number of benzene rings is 1. The van der Waals surface area contributed by atoms with Gasteiger partial charge < -0.3 is 14.4 Å². The van der Waals surface area contributed by atoms with Crippen LogP contribution in [-0.2, 0) is 27.3 Å². The summed E-state index contributed by atoms with van der Waals surface area (Å²) in [6.45, 7) is 0.476. The summed E-state index contributed by atoms with van der Waals surface area (Å²) in [7, 11) is 0. The number of rotatable bonds is 5. The van der Waals surface area contributed by atoms with Crippen LogP contribution in [0.1, 0.15) is 48.5 Å². The fraction of sp³-hybridized carbons (Fsp3) is 0.455. The highest BCUT2D eigenvalue weighted by molar-refractivity contribution is 5.89. The summed E-state index contributed by atoms with van der Waals surface area (Å²) >= 11 is 0. The van der Waals surface area contributed by atoms with Crippen molar-refractivity contribution < 1.29 is 14.3 Å². The van der Waals surface area contributed by atoms with Gasteiger partial charge in [-0.1, -0.05) is 24.3 Å². The van der Waals surface area contributed by atoms with Crippen LogP contribution in [0.15, 0.2) is 42.9 Å². The van der Waals surface area contributed by atoms with Crippen molar-refractivity contribution in [2.45, 2.75) is 62.7 Å². The maximum Gasteiger partial charge on any atom is 0.257 e. The van der Waals surface area contributed by atoms with E-state index in [2.05, 4.69) is 16.0 Å². The normalized spacial score (nSPS) is 30.2. The van der Waals surface area contributed by atoms with E-state index < -0.39 is 5.60 Å². The van der Waals surface area contributed by atoms with Crippen molar-refractivity contribution in [3.8, 4) is 6.07 Å². The molecule has 7 heteroatoms. The summed E-state index contributed by atoms with van der Waals surface area (Å²) in [5.41, 5.74) is 2.12. The van der Waals surface area contributed by atoms with E-state index in [1.165, 1.54) is 0 Å². The number of hydrogen-bond donors (Lipinski definition) is 0. The molecular formula is C22H22N4O3. The molecule has 7 nitrogen and oxygen atoms in total. The van der Waals surface area contributed by atoms with Crippen LogP contribution < -0.4 is 0 Å². The highest BCUT2D eigenvalue weighted by atomic mass is 16.6. The second-order valence-corrected chi connectivity index (χ2v) is 8.00. The fourth-order valence-corrected chi connectivity index (χ4v) is 4.69. The minimum atomic E-state index is -0.737. The Bertz CT molecular complexity index is 952. The zero-order valence-electron chi connectivity index (χ0n) is 16.0. The van der Waals surface area contributed by atoms with Crippen LogP contribution in [-0.4, -0.2) is 38.7 Å². The van der Waals surface area contributed by atoms with Crippen LogP contribution >= 0.6 is 0 Å². The standard InChI is InChI=1S/C22H22N4O3/c23-7-6-15-2-1-3-16(10-15)14-28-17-11-22(12-17)21(27)26-19(4-5-20(26)29-22)18-13-24-8-9-25-18/h1-3,8-10,13,17,19-20H,4-6,11-12,14H2/t17?,19-,20?,22?/m0/s1. The highest BCUT2D eigenvalue weighted by Gasteiger charge is 2.63. The first-order valence-electron chi connectivity index (χ1n) is 10.0. The molecule has 3 aliphatic rings. The Hall–Kier alpha value is -2.82. The van der Waals surface area contributed by atoms with Crippen molar-refractivity contribution in [2.75, 3.05) is 0 Å². The summed E-state index contributed by atoms with van der Waals surface area (Å²) in [5.74, 6) is 0.0616. The topological polar surface area (TPSA) is 88.3 Å². The van der Waals surface area contributed by atoms with Crippen molar-refractivity contribution in [1.82, 2.24) is 14.9 Å². The smallest absolute Gasteiger partial charge is 0.257 e. The Labute approximate surface area is 169 Å². The molecule has 2 aliphatic heterocycles. The number of aromatic nitrogens is 2. The van der Waals surface area contributed by atoms with Crippen LogP contribution in [0.3, 0.4) is 0 Å². The molecule has 1 unspecified atom stereocenters. The minimum absolute atomic E-state index is 0.00793. The van der Waals surface area contributed by atoms with E-state index in [0.717, 1.165) is 29.7 Å². The number of carbonyl (C=O) groups excluding carboxylic acids is 1. The van der Waals surface area contributed by atoms with E-state index in [9.17, 15) is 4.79 Å². The molecule has 1 aliphatic carbocycles. The molecule has 1 amide bonds. The van der Waals surface area contributed by atoms with Crippen LogP contribution in [0.25, 0.3) is 0 Å². The number of nitriles is 1. The molecule has 0 bridgehead atoms. The van der Waals surface area contributed by atoms with Gasteiger partial charge in [-0.05, 0) is 24.0 Å². The first kappa shape index (κ1) is 18.2. The van der Waals surface area contributed by atoms with Gasteiger partial charge in [0, 0.05) is 25.2 Å². The largest absolute Gasteiger partial charge is 0.373 e. The van der Waals surface area contributed by atoms with Gasteiger partial charge in [0.2, 0.25) is 0 Å². The third kappa shape index (κ3) is 3.18. The molecule has 2 atom stereocenters. The molecule has 3 fully saturated rings. The van der Waals surface area contributed by atoms with E-state index in [1.54, 1.807) is 18.6 Å². The Balaban J connectivity index is 1.20. The van der Waals surface area contributed by atoms with E-state index in [-0.39, 0.29) is 24.3 Å². The molecule has 2 saturated heterocycles. The van der Waals surface area contributed by atoms with E-state index >= 15 is 0 Å². The van der Waals surface area contributed by atoms with Crippen LogP contribution in [0.2, 0.25) is 0 Å². The van der Waals surface area contributed by atoms with E-state index in [0.29, 0.717) is 25.9 Å². The number of ether oxygens (including phenoxy) is 2. The van der Waals surface area contributed by atoms with Crippen molar-refractivity contribution in [2.24, 2.45) is 0 Å². The van der Waals surface area contributed by atoms with Crippen LogP contribution in [0, 0.1) is 11.3 Å². The lowest BCUT2D eigenvalue weighted by molar-refractivity contribution is -0.177. The van der Waals surface area contributed by atoms with Gasteiger partial charge in [0.25, 0.3) is 5.91 Å². The average molecular weight is 390 g/mol. The maximum absolute atomic E-state index is 13.2. The molecule has 5 rings (SSSR count). The summed E-state index contributed by atoms with van der Waals surface area (Å²) in [6, 6.07) is 9.99. The van der Waals surface area contributed by atoms with Gasteiger partial charge in [-0.2, -0.15) is 5.26 Å². The third-order valence-corrected chi connectivity index (χ3v) is 6.12. The summed E-state index contributed by atoms with van der Waals surface area (Å²) in [5, 5.41) is 8.84. The second kappa shape index (κ2) is 7.21. The predicted molar refractivity (Wildman–Crippen MR) is 102 cm³/mol. The lowest BCUT2D eigenvalue weighted by atomic mass is 9.76. The van der Waals surface area contributed by atoms with Gasteiger partial charge in [0.1, 0.15) is 6.23 Å². The SMILES string of the molecule is N#CCc1cccc(COC2CC3(C2)OC2CC[C@@H](c4cnccn4)N2C3=O)c1. The quantitative estimate of drug-likeness (QED) is 0.780. The van der Waals surface area contributed by atoms with Gasteiger partial charge in [-0.15, -0.1) is 0 Å². The molecule has 1 aromatic carbocycles. The monoisotopic (exact) mass is 390 g/mol. The third-order valence-electron chi connectivity index (χ3n) is 6.12. The maximum atomic E-state index is 13.2. The Morgan fingerprint density at radius 2 is 2.14 bits per heavy atom. The number of amides is 1.